The van der Waals surface area contributed by atoms with Crippen LogP contribution >= 0.6 is 10.7 Å². The fourth-order valence-electron chi connectivity index (χ4n) is 1.73. The third-order valence-electron chi connectivity index (χ3n) is 2.78. The fraction of sp³-hybridized carbons (Fsp3) is 0.462. The maximum atomic E-state index is 12.4. The molecule has 0 spiro atoms. The van der Waals surface area contributed by atoms with Crippen molar-refractivity contribution in [3.05, 3.63) is 29.8 Å². The van der Waals surface area contributed by atoms with Gasteiger partial charge < -0.3 is 9.64 Å². The highest BCUT2D eigenvalue weighted by molar-refractivity contribution is 8.13. The van der Waals surface area contributed by atoms with E-state index in [1.54, 1.807) is 18.1 Å². The van der Waals surface area contributed by atoms with Crippen molar-refractivity contribution in [2.45, 2.75) is 24.8 Å². The summed E-state index contributed by atoms with van der Waals surface area (Å²) in [4.78, 5) is 13.9. The molecule has 0 aromatic heterocycles. The summed E-state index contributed by atoms with van der Waals surface area (Å²) < 4.78 is 27.6. The summed E-state index contributed by atoms with van der Waals surface area (Å²) in [6.07, 6.45) is 0. The lowest BCUT2D eigenvalue weighted by Gasteiger charge is -2.26. The summed E-state index contributed by atoms with van der Waals surface area (Å²) >= 11 is 0. The molecule has 0 fully saturated rings. The molecule has 0 radical (unpaired) electrons. The zero-order valence-corrected chi connectivity index (χ0v) is 13.2. The van der Waals surface area contributed by atoms with E-state index in [1.165, 1.54) is 18.2 Å². The molecule has 0 aliphatic heterocycles. The van der Waals surface area contributed by atoms with Gasteiger partial charge in [-0.15, -0.1) is 0 Å². The Morgan fingerprint density at radius 2 is 2.05 bits per heavy atom. The van der Waals surface area contributed by atoms with Gasteiger partial charge in [-0.1, -0.05) is 6.07 Å². The molecule has 0 aliphatic carbocycles. The number of ether oxygens (including phenoxy) is 1. The van der Waals surface area contributed by atoms with Crippen LogP contribution in [0.2, 0.25) is 0 Å². The Kier molecular flexibility index (Phi) is 5.98. The van der Waals surface area contributed by atoms with Gasteiger partial charge in [0.1, 0.15) is 0 Å². The molecule has 20 heavy (non-hydrogen) atoms. The van der Waals surface area contributed by atoms with E-state index in [-0.39, 0.29) is 22.4 Å². The molecule has 0 heterocycles. The Morgan fingerprint density at radius 3 is 2.55 bits per heavy atom. The van der Waals surface area contributed by atoms with Crippen LogP contribution < -0.4 is 0 Å². The second kappa shape index (κ2) is 7.06. The first-order valence-corrected chi connectivity index (χ1v) is 8.43. The molecule has 1 amide bonds. The fourth-order valence-corrected chi connectivity index (χ4v) is 2.53. The van der Waals surface area contributed by atoms with Crippen molar-refractivity contribution < 1.29 is 17.9 Å². The number of hydrogen-bond donors (Lipinski definition) is 0. The summed E-state index contributed by atoms with van der Waals surface area (Å²) in [7, 11) is 3.00. The summed E-state index contributed by atoms with van der Waals surface area (Å²) in [5.41, 5.74) is 0.288. The Bertz CT molecular complexity index is 571. The van der Waals surface area contributed by atoms with E-state index >= 15 is 0 Å². The maximum absolute atomic E-state index is 12.4. The minimum absolute atomic E-state index is 0.0195. The van der Waals surface area contributed by atoms with E-state index in [1.807, 2.05) is 13.8 Å². The molecule has 1 aromatic carbocycles. The highest BCUT2D eigenvalue weighted by atomic mass is 35.7. The average molecular weight is 320 g/mol. The van der Waals surface area contributed by atoms with Crippen molar-refractivity contribution in [1.82, 2.24) is 4.90 Å². The molecule has 0 unspecified atom stereocenters. The van der Waals surface area contributed by atoms with Crippen LogP contribution in [0.4, 0.5) is 0 Å². The zero-order valence-electron chi connectivity index (χ0n) is 11.7. The molecule has 0 atom stereocenters. The summed E-state index contributed by atoms with van der Waals surface area (Å²) in [6, 6.07) is 5.68. The molecule has 5 nitrogen and oxygen atoms in total. The van der Waals surface area contributed by atoms with E-state index in [4.69, 9.17) is 15.4 Å². The van der Waals surface area contributed by atoms with E-state index in [0.29, 0.717) is 13.2 Å². The number of carbonyl (C=O) groups is 1. The molecule has 1 rings (SSSR count). The van der Waals surface area contributed by atoms with Gasteiger partial charge in [0.15, 0.2) is 0 Å². The van der Waals surface area contributed by atoms with Crippen molar-refractivity contribution >= 4 is 25.6 Å². The van der Waals surface area contributed by atoms with Gasteiger partial charge >= 0.3 is 0 Å². The van der Waals surface area contributed by atoms with Gasteiger partial charge in [0.2, 0.25) is 0 Å². The largest absolute Gasteiger partial charge is 0.383 e. The summed E-state index contributed by atoms with van der Waals surface area (Å²) in [5.74, 6) is -0.251. The second-order valence-electron chi connectivity index (χ2n) is 4.55. The Hall–Kier alpha value is -1.11. The summed E-state index contributed by atoms with van der Waals surface area (Å²) in [6.45, 7) is 4.62. The number of rotatable bonds is 6. The molecule has 1 aromatic rings. The van der Waals surface area contributed by atoms with Gasteiger partial charge in [-0.25, -0.2) is 8.42 Å². The number of amides is 1. The van der Waals surface area contributed by atoms with Crippen molar-refractivity contribution in [3.63, 3.8) is 0 Å². The van der Waals surface area contributed by atoms with Crippen LogP contribution in [-0.2, 0) is 13.8 Å². The quantitative estimate of drug-likeness (QED) is 0.753. The Labute approximate surface area is 123 Å². The van der Waals surface area contributed by atoms with Gasteiger partial charge in [-0.05, 0) is 32.0 Å². The highest BCUT2D eigenvalue weighted by Gasteiger charge is 2.20. The molecule has 0 N–H and O–H groups in total. The number of nitrogens with zero attached hydrogens (tertiary/aromatic N) is 1. The van der Waals surface area contributed by atoms with E-state index < -0.39 is 9.05 Å². The third kappa shape index (κ3) is 4.47. The number of hydrogen-bond acceptors (Lipinski definition) is 4. The second-order valence-corrected chi connectivity index (χ2v) is 7.12. The minimum Gasteiger partial charge on any atom is -0.383 e. The highest BCUT2D eigenvalue weighted by Crippen LogP contribution is 2.18. The molecule has 0 saturated heterocycles. The van der Waals surface area contributed by atoms with Crippen LogP contribution in [0.25, 0.3) is 0 Å². The standard InChI is InChI=1S/C13H18ClNO4S/c1-10(2)15(7-8-19-3)13(16)11-5-4-6-12(9-11)20(14,17)18/h4-6,9-10H,7-8H2,1-3H3. The van der Waals surface area contributed by atoms with Gasteiger partial charge in [0.05, 0.1) is 11.5 Å². The molecular weight excluding hydrogens is 302 g/mol. The van der Waals surface area contributed by atoms with E-state index in [9.17, 15) is 13.2 Å². The third-order valence-corrected chi connectivity index (χ3v) is 4.13. The van der Waals surface area contributed by atoms with Gasteiger partial charge in [-0.2, -0.15) is 0 Å². The van der Waals surface area contributed by atoms with Crippen LogP contribution in [0.15, 0.2) is 29.2 Å². The van der Waals surface area contributed by atoms with E-state index in [0.717, 1.165) is 0 Å². The van der Waals surface area contributed by atoms with Crippen molar-refractivity contribution in [1.29, 1.82) is 0 Å². The molecular formula is C13H18ClNO4S. The van der Waals surface area contributed by atoms with Crippen LogP contribution in [0.5, 0.6) is 0 Å². The molecule has 7 heteroatoms. The van der Waals surface area contributed by atoms with E-state index in [2.05, 4.69) is 0 Å². The Morgan fingerprint density at radius 1 is 1.40 bits per heavy atom. The molecule has 0 saturated carbocycles. The van der Waals surface area contributed by atoms with Crippen LogP contribution in [-0.4, -0.2) is 45.5 Å². The Balaban J connectivity index is 3.06. The lowest BCUT2D eigenvalue weighted by atomic mass is 10.1. The van der Waals surface area contributed by atoms with Crippen LogP contribution in [0.3, 0.4) is 0 Å². The van der Waals surface area contributed by atoms with Crippen molar-refractivity contribution in [3.8, 4) is 0 Å². The predicted molar refractivity (Wildman–Crippen MR) is 77.5 cm³/mol. The topological polar surface area (TPSA) is 63.7 Å². The number of benzene rings is 1. The molecule has 0 aliphatic rings. The first-order chi connectivity index (χ1) is 9.27. The average Bonchev–Trinajstić information content (AvgIpc) is 2.37. The SMILES string of the molecule is COCCN(C(=O)c1cccc(S(=O)(=O)Cl)c1)C(C)C. The monoisotopic (exact) mass is 319 g/mol. The minimum atomic E-state index is -3.84. The zero-order chi connectivity index (χ0) is 15.3. The van der Waals surface area contributed by atoms with Gasteiger partial charge in [0, 0.05) is 35.9 Å². The van der Waals surface area contributed by atoms with Crippen LogP contribution in [0.1, 0.15) is 24.2 Å². The molecule has 112 valence electrons. The summed E-state index contributed by atoms with van der Waals surface area (Å²) in [5, 5.41) is 0. The normalized spacial score (nSPS) is 11.7. The predicted octanol–water partition coefficient (Wildman–Crippen LogP) is 2.11. The molecule has 0 bridgehead atoms. The van der Waals surface area contributed by atoms with Gasteiger partial charge in [0.25, 0.3) is 15.0 Å². The van der Waals surface area contributed by atoms with Crippen molar-refractivity contribution in [2.24, 2.45) is 0 Å². The lowest BCUT2D eigenvalue weighted by Crippen LogP contribution is -2.39. The smallest absolute Gasteiger partial charge is 0.261 e. The lowest BCUT2D eigenvalue weighted by molar-refractivity contribution is 0.0634. The number of carbonyl (C=O) groups excluding carboxylic acids is 1. The van der Waals surface area contributed by atoms with Crippen molar-refractivity contribution in [2.75, 3.05) is 20.3 Å². The maximum Gasteiger partial charge on any atom is 0.261 e. The number of methoxy groups -OCH3 is 1. The van der Waals surface area contributed by atoms with Crippen LogP contribution in [0, 0.1) is 0 Å². The first kappa shape index (κ1) is 16.9. The number of halogens is 1. The van der Waals surface area contributed by atoms with Gasteiger partial charge in [-0.3, -0.25) is 4.79 Å². The first-order valence-electron chi connectivity index (χ1n) is 6.12.